The molecule has 0 aliphatic heterocycles. The number of methoxy groups -OCH3 is 1. The molecule has 0 aromatic heterocycles. The number of rotatable bonds is 11. The lowest BCUT2D eigenvalue weighted by Crippen LogP contribution is -2.51. The van der Waals surface area contributed by atoms with Gasteiger partial charge >= 0.3 is 6.03 Å². The molecule has 2 aromatic rings. The van der Waals surface area contributed by atoms with Crippen LogP contribution in [0.5, 0.6) is 5.75 Å². The second kappa shape index (κ2) is 12.8. The number of benzene rings is 2. The lowest BCUT2D eigenvalue weighted by molar-refractivity contribution is 0.0961. The Hall–Kier alpha value is -2.62. The summed E-state index contributed by atoms with van der Waals surface area (Å²) in [7, 11) is -2.32. The van der Waals surface area contributed by atoms with Gasteiger partial charge in [0.2, 0.25) is 10.0 Å². The molecule has 0 radical (unpaired) electrons. The van der Waals surface area contributed by atoms with E-state index in [1.807, 2.05) is 51.1 Å². The van der Waals surface area contributed by atoms with Gasteiger partial charge in [-0.25, -0.2) is 13.2 Å². The van der Waals surface area contributed by atoms with Crippen molar-refractivity contribution in [2.75, 3.05) is 26.7 Å². The Morgan fingerprint density at radius 3 is 2.24 bits per heavy atom. The van der Waals surface area contributed by atoms with Crippen LogP contribution >= 0.6 is 0 Å². The van der Waals surface area contributed by atoms with Crippen LogP contribution in [0.25, 0.3) is 0 Å². The fraction of sp³-hybridized carbons (Fsp3) is 0.536. The van der Waals surface area contributed by atoms with Gasteiger partial charge in [0.25, 0.3) is 0 Å². The lowest BCUT2D eigenvalue weighted by atomic mass is 10.1. The summed E-state index contributed by atoms with van der Waals surface area (Å²) in [6.45, 7) is 6.23. The number of aliphatic hydroxyl groups excluding tert-OH is 1. The molecule has 37 heavy (non-hydrogen) atoms. The normalized spacial score (nSPS) is 15.5. The van der Waals surface area contributed by atoms with Gasteiger partial charge in [-0.1, -0.05) is 43.2 Å². The average molecular weight is 532 g/mol. The van der Waals surface area contributed by atoms with Gasteiger partial charge in [-0.3, -0.25) is 0 Å². The molecule has 0 spiro atoms. The smallest absolute Gasteiger partial charge is 0.318 e. The highest BCUT2D eigenvalue weighted by Gasteiger charge is 2.31. The van der Waals surface area contributed by atoms with Crippen LogP contribution in [0.15, 0.2) is 59.5 Å². The van der Waals surface area contributed by atoms with Crippen molar-refractivity contribution in [2.45, 2.75) is 69.5 Å². The van der Waals surface area contributed by atoms with Crippen molar-refractivity contribution in [3.8, 4) is 5.75 Å². The molecule has 2 aromatic carbocycles. The molecule has 1 atom stereocenters. The van der Waals surface area contributed by atoms with Crippen molar-refractivity contribution in [1.29, 1.82) is 0 Å². The molecule has 9 heteroatoms. The fourth-order valence-corrected chi connectivity index (χ4v) is 6.17. The maximum atomic E-state index is 13.6. The van der Waals surface area contributed by atoms with Gasteiger partial charge in [0, 0.05) is 31.7 Å². The Bertz CT molecular complexity index is 1090. The highest BCUT2D eigenvalue weighted by Crippen LogP contribution is 2.28. The number of hydrogen-bond acceptors (Lipinski definition) is 5. The summed E-state index contributed by atoms with van der Waals surface area (Å²) >= 11 is 0. The zero-order valence-electron chi connectivity index (χ0n) is 22.4. The summed E-state index contributed by atoms with van der Waals surface area (Å²) in [5.74, 6) is 0.826. The molecule has 8 nitrogen and oxygen atoms in total. The fourth-order valence-electron chi connectivity index (χ4n) is 4.62. The van der Waals surface area contributed by atoms with E-state index in [4.69, 9.17) is 4.74 Å². The summed E-state index contributed by atoms with van der Waals surface area (Å²) in [5.41, 5.74) is 0.468. The highest BCUT2D eigenvalue weighted by molar-refractivity contribution is 7.89. The Kier molecular flexibility index (Phi) is 9.98. The number of sulfonamides is 1. The second-order valence-electron chi connectivity index (χ2n) is 10.8. The lowest BCUT2D eigenvalue weighted by Gasteiger charge is -2.32. The van der Waals surface area contributed by atoms with Crippen molar-refractivity contribution < 1.29 is 23.1 Å². The molecular weight excluding hydrogens is 490 g/mol. The Morgan fingerprint density at radius 2 is 1.68 bits per heavy atom. The first-order valence-electron chi connectivity index (χ1n) is 12.9. The number of aliphatic hydroxyl groups is 1. The molecule has 0 saturated heterocycles. The third kappa shape index (κ3) is 8.72. The van der Waals surface area contributed by atoms with E-state index in [0.717, 1.165) is 31.2 Å². The van der Waals surface area contributed by atoms with Gasteiger partial charge < -0.3 is 20.1 Å². The van der Waals surface area contributed by atoms with Crippen molar-refractivity contribution in [3.05, 3.63) is 60.2 Å². The molecule has 0 bridgehead atoms. The molecule has 1 saturated carbocycles. The minimum atomic E-state index is -3.85. The Morgan fingerprint density at radius 1 is 1.05 bits per heavy atom. The Labute approximate surface area is 221 Å². The van der Waals surface area contributed by atoms with E-state index < -0.39 is 21.7 Å². The number of nitrogens with one attached hydrogen (secondary N) is 1. The number of carbonyl (C=O) groups excluding carboxylic acids is 1. The largest absolute Gasteiger partial charge is 0.497 e. The number of hydrogen-bond donors (Lipinski definition) is 2. The van der Waals surface area contributed by atoms with Gasteiger partial charge in [-0.2, -0.15) is 4.31 Å². The number of ether oxygens (including phenoxy) is 1. The minimum absolute atomic E-state index is 0.00386. The van der Waals surface area contributed by atoms with Crippen LogP contribution in [-0.2, 0) is 16.6 Å². The molecule has 1 aliphatic rings. The van der Waals surface area contributed by atoms with Crippen LogP contribution in [0.1, 0.15) is 52.0 Å². The molecular formula is C28H41N3O5S. The van der Waals surface area contributed by atoms with E-state index in [2.05, 4.69) is 5.32 Å². The molecule has 1 aliphatic carbocycles. The van der Waals surface area contributed by atoms with Gasteiger partial charge in [-0.05, 0) is 69.4 Å². The van der Waals surface area contributed by atoms with Gasteiger partial charge in [0.05, 0.1) is 18.1 Å². The van der Waals surface area contributed by atoms with Crippen LogP contribution in [0.3, 0.4) is 0 Å². The average Bonchev–Trinajstić information content (AvgIpc) is 3.36. The monoisotopic (exact) mass is 531 g/mol. The second-order valence-corrected chi connectivity index (χ2v) is 12.8. The highest BCUT2D eigenvalue weighted by atomic mass is 32.2. The van der Waals surface area contributed by atoms with E-state index in [1.165, 1.54) is 23.5 Å². The van der Waals surface area contributed by atoms with Gasteiger partial charge in [0.1, 0.15) is 5.75 Å². The third-order valence-corrected chi connectivity index (χ3v) is 8.31. The molecule has 0 heterocycles. The minimum Gasteiger partial charge on any atom is -0.497 e. The van der Waals surface area contributed by atoms with Crippen LogP contribution in [0.2, 0.25) is 0 Å². The summed E-state index contributed by atoms with van der Waals surface area (Å²) in [5, 5.41) is 14.1. The molecule has 2 N–H and O–H groups in total. The van der Waals surface area contributed by atoms with E-state index in [-0.39, 0.29) is 29.9 Å². The van der Waals surface area contributed by atoms with Gasteiger partial charge in [-0.15, -0.1) is 0 Å². The quantitative estimate of drug-likeness (QED) is 0.452. The van der Waals surface area contributed by atoms with Gasteiger partial charge in [0.15, 0.2) is 0 Å². The summed E-state index contributed by atoms with van der Waals surface area (Å²) in [6.07, 6.45) is 3.05. The third-order valence-electron chi connectivity index (χ3n) is 6.46. The zero-order valence-corrected chi connectivity index (χ0v) is 23.2. The van der Waals surface area contributed by atoms with Crippen LogP contribution in [-0.4, -0.2) is 67.1 Å². The molecule has 3 rings (SSSR count). The summed E-state index contributed by atoms with van der Waals surface area (Å²) < 4.78 is 33.8. The SMILES string of the molecule is COc1ccc(S(=O)(=O)N(CC(O)CN(Cc2ccccc2)C(=O)NC(C)(C)C)CC2CCCC2)cc1. The van der Waals surface area contributed by atoms with Crippen molar-refractivity contribution in [3.63, 3.8) is 0 Å². The van der Waals surface area contributed by atoms with Crippen molar-refractivity contribution in [2.24, 2.45) is 5.92 Å². The van der Waals surface area contributed by atoms with Crippen molar-refractivity contribution >= 4 is 16.1 Å². The Balaban J connectivity index is 1.80. The van der Waals surface area contributed by atoms with Crippen molar-refractivity contribution in [1.82, 2.24) is 14.5 Å². The maximum Gasteiger partial charge on any atom is 0.318 e. The number of urea groups is 1. The van der Waals surface area contributed by atoms with Crippen LogP contribution in [0, 0.1) is 5.92 Å². The molecule has 1 unspecified atom stereocenters. The van der Waals surface area contributed by atoms with Crippen LogP contribution < -0.4 is 10.1 Å². The number of carbonyl (C=O) groups is 1. The number of amides is 2. The van der Waals surface area contributed by atoms with Crippen LogP contribution in [0.4, 0.5) is 4.79 Å². The van der Waals surface area contributed by atoms with E-state index in [9.17, 15) is 18.3 Å². The standard InChI is InChI=1S/C28H41N3O5S/c1-28(2,3)29-27(33)30(18-22-10-6-5-7-11-22)20-24(32)21-31(19-23-12-8-9-13-23)37(34,35)26-16-14-25(36-4)15-17-26/h5-7,10-11,14-17,23-24,32H,8-9,12-13,18-21H2,1-4H3,(H,29,33). The topological polar surface area (TPSA) is 99.2 Å². The predicted molar refractivity (Wildman–Crippen MR) is 145 cm³/mol. The summed E-state index contributed by atoms with van der Waals surface area (Å²) in [6, 6.07) is 15.5. The van der Waals surface area contributed by atoms with E-state index >= 15 is 0 Å². The maximum absolute atomic E-state index is 13.6. The van der Waals surface area contributed by atoms with E-state index in [1.54, 1.807) is 17.0 Å². The molecule has 2 amide bonds. The first kappa shape index (κ1) is 28.9. The first-order chi connectivity index (χ1) is 17.5. The summed E-state index contributed by atoms with van der Waals surface area (Å²) in [4.78, 5) is 14.8. The molecule has 1 fully saturated rings. The molecule has 204 valence electrons. The van der Waals surface area contributed by atoms with E-state index in [0.29, 0.717) is 18.8 Å². The predicted octanol–water partition coefficient (Wildman–Crippen LogP) is 4.25. The number of nitrogens with zero attached hydrogens (tertiary/aromatic N) is 2. The first-order valence-corrected chi connectivity index (χ1v) is 14.4. The zero-order chi connectivity index (χ0) is 27.1.